The third-order valence-electron chi connectivity index (χ3n) is 4.01. The Balaban J connectivity index is 2.18. The summed E-state index contributed by atoms with van der Waals surface area (Å²) in [5.74, 6) is 1.65. The number of hydrogen-bond donors (Lipinski definition) is 1. The highest BCUT2D eigenvalue weighted by Crippen LogP contribution is 2.36. The average molecular weight is 241 g/mol. The van der Waals surface area contributed by atoms with Gasteiger partial charge >= 0.3 is 0 Å². The number of hydrogen-bond acceptors (Lipinski definition) is 2. The summed E-state index contributed by atoms with van der Waals surface area (Å²) in [6, 6.07) is 13.3. The van der Waals surface area contributed by atoms with E-state index in [1.165, 1.54) is 22.8 Å². The molecule has 0 aromatic heterocycles. The molecule has 18 heavy (non-hydrogen) atoms. The van der Waals surface area contributed by atoms with Gasteiger partial charge in [-0.05, 0) is 35.9 Å². The summed E-state index contributed by atoms with van der Waals surface area (Å²) in [6.45, 7) is 3.44. The third-order valence-corrected chi connectivity index (χ3v) is 4.01. The highest BCUT2D eigenvalue weighted by atomic mass is 16.5. The number of ether oxygens (including phenoxy) is 1. The molecule has 1 aliphatic heterocycles. The Labute approximate surface area is 108 Å². The molecule has 2 aromatic carbocycles. The number of nitrogens with one attached hydrogen (secondary N) is 1. The van der Waals surface area contributed by atoms with E-state index in [1.807, 2.05) is 0 Å². The summed E-state index contributed by atoms with van der Waals surface area (Å²) in [7, 11) is 1.73. The van der Waals surface area contributed by atoms with Gasteiger partial charge in [0.05, 0.1) is 7.11 Å². The molecule has 1 fully saturated rings. The average Bonchev–Trinajstić information content (AvgIpc) is 2.83. The first-order valence-corrected chi connectivity index (χ1v) is 6.60. The largest absolute Gasteiger partial charge is 0.496 e. The van der Waals surface area contributed by atoms with E-state index in [4.69, 9.17) is 4.74 Å². The molecule has 1 aliphatic rings. The van der Waals surface area contributed by atoms with Crippen molar-refractivity contribution in [1.29, 1.82) is 0 Å². The lowest BCUT2D eigenvalue weighted by atomic mass is 9.91. The molecule has 2 unspecified atom stereocenters. The fourth-order valence-electron chi connectivity index (χ4n) is 2.99. The molecular formula is C16H19NO. The SMILES string of the molecule is COc1ccc(C2NCCC2C)c2ccccc12. The second-order valence-electron chi connectivity index (χ2n) is 5.10. The van der Waals surface area contributed by atoms with Crippen molar-refractivity contribution >= 4 is 10.8 Å². The fraction of sp³-hybridized carbons (Fsp3) is 0.375. The molecule has 2 heteroatoms. The molecule has 1 saturated heterocycles. The fourth-order valence-corrected chi connectivity index (χ4v) is 2.99. The smallest absolute Gasteiger partial charge is 0.126 e. The van der Waals surface area contributed by atoms with Crippen LogP contribution in [0.3, 0.4) is 0 Å². The van der Waals surface area contributed by atoms with Crippen LogP contribution in [0.1, 0.15) is 24.9 Å². The van der Waals surface area contributed by atoms with Crippen molar-refractivity contribution in [3.8, 4) is 5.75 Å². The molecule has 0 bridgehead atoms. The second-order valence-corrected chi connectivity index (χ2v) is 5.10. The molecule has 0 amide bonds. The van der Waals surface area contributed by atoms with E-state index in [1.54, 1.807) is 7.11 Å². The summed E-state index contributed by atoms with van der Waals surface area (Å²) >= 11 is 0. The van der Waals surface area contributed by atoms with Gasteiger partial charge in [-0.15, -0.1) is 0 Å². The van der Waals surface area contributed by atoms with Crippen LogP contribution < -0.4 is 10.1 Å². The van der Waals surface area contributed by atoms with Crippen molar-refractivity contribution in [3.63, 3.8) is 0 Å². The number of benzene rings is 2. The Kier molecular flexibility index (Phi) is 2.96. The Bertz CT molecular complexity index is 564. The lowest BCUT2D eigenvalue weighted by Crippen LogP contribution is -2.16. The van der Waals surface area contributed by atoms with Crippen LogP contribution in [0.4, 0.5) is 0 Å². The van der Waals surface area contributed by atoms with Gasteiger partial charge in [-0.3, -0.25) is 0 Å². The van der Waals surface area contributed by atoms with E-state index < -0.39 is 0 Å². The summed E-state index contributed by atoms with van der Waals surface area (Å²) in [6.07, 6.45) is 1.25. The predicted octanol–water partition coefficient (Wildman–Crippen LogP) is 3.52. The van der Waals surface area contributed by atoms with Gasteiger partial charge in [0.1, 0.15) is 5.75 Å². The lowest BCUT2D eigenvalue weighted by Gasteiger charge is -2.19. The maximum Gasteiger partial charge on any atom is 0.126 e. The van der Waals surface area contributed by atoms with E-state index in [0.717, 1.165) is 12.3 Å². The first kappa shape index (κ1) is 11.5. The summed E-state index contributed by atoms with van der Waals surface area (Å²) in [4.78, 5) is 0. The zero-order valence-corrected chi connectivity index (χ0v) is 10.9. The van der Waals surface area contributed by atoms with Gasteiger partial charge in [0.25, 0.3) is 0 Å². The Morgan fingerprint density at radius 3 is 2.56 bits per heavy atom. The van der Waals surface area contributed by atoms with Gasteiger partial charge in [0.2, 0.25) is 0 Å². The molecule has 1 N–H and O–H groups in total. The van der Waals surface area contributed by atoms with Gasteiger partial charge in [0, 0.05) is 11.4 Å². The minimum atomic E-state index is 0.473. The van der Waals surface area contributed by atoms with Gasteiger partial charge < -0.3 is 10.1 Å². The van der Waals surface area contributed by atoms with Crippen molar-refractivity contribution < 1.29 is 4.74 Å². The van der Waals surface area contributed by atoms with Crippen LogP contribution in [0.5, 0.6) is 5.75 Å². The summed E-state index contributed by atoms with van der Waals surface area (Å²) < 4.78 is 5.45. The molecule has 0 saturated carbocycles. The molecule has 0 aliphatic carbocycles. The van der Waals surface area contributed by atoms with Crippen molar-refractivity contribution in [3.05, 3.63) is 42.0 Å². The highest BCUT2D eigenvalue weighted by Gasteiger charge is 2.25. The minimum absolute atomic E-state index is 0.473. The summed E-state index contributed by atoms with van der Waals surface area (Å²) in [5.41, 5.74) is 1.40. The predicted molar refractivity (Wildman–Crippen MR) is 75.0 cm³/mol. The Hall–Kier alpha value is -1.54. The van der Waals surface area contributed by atoms with Gasteiger partial charge in [-0.1, -0.05) is 37.3 Å². The molecule has 94 valence electrons. The van der Waals surface area contributed by atoms with Crippen LogP contribution in [0.2, 0.25) is 0 Å². The van der Waals surface area contributed by atoms with Crippen LogP contribution in [-0.2, 0) is 0 Å². The van der Waals surface area contributed by atoms with Crippen LogP contribution in [-0.4, -0.2) is 13.7 Å². The molecule has 2 nitrogen and oxygen atoms in total. The van der Waals surface area contributed by atoms with E-state index in [0.29, 0.717) is 12.0 Å². The quantitative estimate of drug-likeness (QED) is 0.868. The van der Waals surface area contributed by atoms with E-state index in [9.17, 15) is 0 Å². The van der Waals surface area contributed by atoms with Crippen LogP contribution in [0.15, 0.2) is 36.4 Å². The molecule has 3 rings (SSSR count). The van der Waals surface area contributed by atoms with Crippen molar-refractivity contribution in [2.75, 3.05) is 13.7 Å². The molecule has 0 radical (unpaired) electrons. The van der Waals surface area contributed by atoms with Gasteiger partial charge in [-0.25, -0.2) is 0 Å². The highest BCUT2D eigenvalue weighted by molar-refractivity contribution is 5.91. The third kappa shape index (κ3) is 1.77. The molecular weight excluding hydrogens is 222 g/mol. The maximum atomic E-state index is 5.45. The number of rotatable bonds is 2. The number of fused-ring (bicyclic) bond motifs is 1. The zero-order chi connectivity index (χ0) is 12.5. The molecule has 2 aromatic rings. The Morgan fingerprint density at radius 2 is 1.89 bits per heavy atom. The lowest BCUT2D eigenvalue weighted by molar-refractivity contribution is 0.419. The summed E-state index contributed by atoms with van der Waals surface area (Å²) in [5, 5.41) is 6.13. The van der Waals surface area contributed by atoms with Crippen LogP contribution >= 0.6 is 0 Å². The zero-order valence-electron chi connectivity index (χ0n) is 10.9. The minimum Gasteiger partial charge on any atom is -0.496 e. The Morgan fingerprint density at radius 1 is 1.11 bits per heavy atom. The maximum absolute atomic E-state index is 5.45. The standard InChI is InChI=1S/C16H19NO/c1-11-9-10-17-16(11)14-7-8-15(18-2)13-6-4-3-5-12(13)14/h3-8,11,16-17H,9-10H2,1-2H3. The topological polar surface area (TPSA) is 21.3 Å². The van der Waals surface area contributed by atoms with E-state index in [-0.39, 0.29) is 0 Å². The van der Waals surface area contributed by atoms with E-state index in [2.05, 4.69) is 48.6 Å². The molecule has 0 spiro atoms. The van der Waals surface area contributed by atoms with Gasteiger partial charge in [-0.2, -0.15) is 0 Å². The number of methoxy groups -OCH3 is 1. The molecule has 2 atom stereocenters. The normalized spacial score (nSPS) is 23.4. The van der Waals surface area contributed by atoms with Crippen LogP contribution in [0, 0.1) is 5.92 Å². The molecule has 1 heterocycles. The van der Waals surface area contributed by atoms with E-state index >= 15 is 0 Å². The first-order chi connectivity index (χ1) is 8.81. The van der Waals surface area contributed by atoms with Crippen LogP contribution in [0.25, 0.3) is 10.8 Å². The second kappa shape index (κ2) is 4.62. The monoisotopic (exact) mass is 241 g/mol. The van der Waals surface area contributed by atoms with Crippen molar-refractivity contribution in [2.45, 2.75) is 19.4 Å². The first-order valence-electron chi connectivity index (χ1n) is 6.60. The van der Waals surface area contributed by atoms with Gasteiger partial charge in [0.15, 0.2) is 0 Å². The van der Waals surface area contributed by atoms with Crippen molar-refractivity contribution in [2.24, 2.45) is 5.92 Å². The van der Waals surface area contributed by atoms with Crippen molar-refractivity contribution in [1.82, 2.24) is 5.32 Å².